The van der Waals surface area contributed by atoms with Crippen molar-refractivity contribution in [3.05, 3.63) is 71.4 Å². The monoisotopic (exact) mass is 473 g/mol. The number of ether oxygens (including phenoxy) is 1. The molecule has 0 bridgehead atoms. The van der Waals surface area contributed by atoms with Gasteiger partial charge in [0.05, 0.1) is 11.7 Å². The van der Waals surface area contributed by atoms with Crippen LogP contribution in [0.25, 0.3) is 11.3 Å². The Kier molecular flexibility index (Phi) is 6.21. The van der Waals surface area contributed by atoms with Gasteiger partial charge in [-0.3, -0.25) is 9.78 Å². The van der Waals surface area contributed by atoms with E-state index in [0.717, 1.165) is 34.6 Å². The van der Waals surface area contributed by atoms with Crippen molar-refractivity contribution in [1.82, 2.24) is 14.8 Å². The van der Waals surface area contributed by atoms with Crippen molar-refractivity contribution >= 4 is 17.8 Å². The highest BCUT2D eigenvalue weighted by atomic mass is 19.1. The molecule has 1 fully saturated rings. The maximum Gasteiger partial charge on any atom is 0.254 e. The van der Waals surface area contributed by atoms with E-state index in [4.69, 9.17) is 10.1 Å². The normalized spacial score (nSPS) is 20.0. The molecule has 0 aliphatic carbocycles. The number of halogens is 1. The van der Waals surface area contributed by atoms with Gasteiger partial charge in [0.2, 0.25) is 0 Å². The lowest BCUT2D eigenvalue weighted by Crippen LogP contribution is -2.51. The van der Waals surface area contributed by atoms with E-state index < -0.39 is 6.17 Å². The maximum absolute atomic E-state index is 14.7. The molecule has 2 aliphatic heterocycles. The van der Waals surface area contributed by atoms with Crippen molar-refractivity contribution in [2.75, 3.05) is 32.5 Å². The number of hydrogen-bond acceptors (Lipinski definition) is 6. The summed E-state index contributed by atoms with van der Waals surface area (Å²) < 4.78 is 20.8. The van der Waals surface area contributed by atoms with Gasteiger partial charge in [-0.05, 0) is 49.4 Å². The van der Waals surface area contributed by atoms with Gasteiger partial charge >= 0.3 is 0 Å². The van der Waals surface area contributed by atoms with Crippen LogP contribution >= 0.6 is 0 Å². The molecule has 2 aromatic carbocycles. The number of anilines is 1. The molecule has 1 saturated heterocycles. The third-order valence-electron chi connectivity index (χ3n) is 6.76. The lowest BCUT2D eigenvalue weighted by Gasteiger charge is -2.37. The molecule has 3 heterocycles. The number of nitrogens with zero attached hydrogens (tertiary/aromatic N) is 3. The van der Waals surface area contributed by atoms with Gasteiger partial charge in [0, 0.05) is 73.6 Å². The molecule has 180 valence electrons. The molecule has 3 aromatic rings. The number of rotatable bonds is 6. The van der Waals surface area contributed by atoms with Gasteiger partial charge in [-0.15, -0.1) is 0 Å². The Morgan fingerprint density at radius 1 is 1.17 bits per heavy atom. The number of piperidine rings is 1. The van der Waals surface area contributed by atoms with Gasteiger partial charge in [0.15, 0.2) is 0 Å². The number of amides is 1. The van der Waals surface area contributed by atoms with Crippen LogP contribution in [0.5, 0.6) is 11.5 Å². The van der Waals surface area contributed by atoms with Crippen LogP contribution < -0.4 is 10.1 Å². The summed E-state index contributed by atoms with van der Waals surface area (Å²) in [6, 6.07) is 14.4. The van der Waals surface area contributed by atoms with E-state index in [1.807, 2.05) is 54.4 Å². The Hall–Kier alpha value is -3.78. The smallest absolute Gasteiger partial charge is 0.254 e. The van der Waals surface area contributed by atoms with E-state index in [1.165, 1.54) is 6.21 Å². The summed E-state index contributed by atoms with van der Waals surface area (Å²) in [7, 11) is 3.71. The van der Waals surface area contributed by atoms with Crippen molar-refractivity contribution < 1.29 is 13.9 Å². The average Bonchev–Trinajstić information content (AvgIpc) is 3.19. The van der Waals surface area contributed by atoms with E-state index in [1.54, 1.807) is 24.2 Å². The Bertz CT molecular complexity index is 1280. The third-order valence-corrected chi connectivity index (χ3v) is 6.76. The van der Waals surface area contributed by atoms with Crippen LogP contribution in [0.4, 0.5) is 10.1 Å². The SMILES string of the molecule is CNc1cc(Oc2ccnc(-c3ccc4c(c3)CN([C@H]3CCN(C)C[C@H]3F)C4=O)c2)ccc1C=N. The number of pyridine rings is 1. The average molecular weight is 474 g/mol. The van der Waals surface area contributed by atoms with Gasteiger partial charge in [0.1, 0.15) is 17.7 Å². The fourth-order valence-electron chi connectivity index (χ4n) is 4.88. The fraction of sp³-hybridized carbons (Fsp3) is 0.296. The zero-order valence-corrected chi connectivity index (χ0v) is 19.8. The summed E-state index contributed by atoms with van der Waals surface area (Å²) in [6.45, 7) is 1.55. The van der Waals surface area contributed by atoms with Crippen LogP contribution in [0, 0.1) is 5.41 Å². The van der Waals surface area contributed by atoms with E-state index in [0.29, 0.717) is 36.6 Å². The molecule has 2 atom stereocenters. The number of aromatic nitrogens is 1. The second-order valence-electron chi connectivity index (χ2n) is 9.06. The third kappa shape index (κ3) is 4.49. The molecule has 2 N–H and O–H groups in total. The van der Waals surface area contributed by atoms with Crippen LogP contribution in [-0.4, -0.2) is 66.3 Å². The molecular formula is C27H28FN5O2. The number of likely N-dealkylation sites (tertiary alicyclic amines) is 1. The molecule has 7 nitrogen and oxygen atoms in total. The summed E-state index contributed by atoms with van der Waals surface area (Å²) in [6.07, 6.45) is 2.58. The molecule has 0 unspecified atom stereocenters. The van der Waals surface area contributed by atoms with Gasteiger partial charge in [-0.25, -0.2) is 4.39 Å². The molecule has 5 rings (SSSR count). The van der Waals surface area contributed by atoms with Crippen molar-refractivity contribution in [3.63, 3.8) is 0 Å². The molecule has 0 spiro atoms. The van der Waals surface area contributed by atoms with Crippen molar-refractivity contribution in [2.24, 2.45) is 0 Å². The van der Waals surface area contributed by atoms with E-state index in [9.17, 15) is 9.18 Å². The lowest BCUT2D eigenvalue weighted by molar-refractivity contribution is 0.0345. The van der Waals surface area contributed by atoms with Crippen molar-refractivity contribution in [2.45, 2.75) is 25.2 Å². The Morgan fingerprint density at radius 2 is 2.00 bits per heavy atom. The van der Waals surface area contributed by atoms with Crippen LogP contribution in [0.2, 0.25) is 0 Å². The fourth-order valence-corrected chi connectivity index (χ4v) is 4.88. The van der Waals surface area contributed by atoms with Crippen molar-refractivity contribution in [1.29, 1.82) is 5.41 Å². The molecular weight excluding hydrogens is 445 g/mol. The van der Waals surface area contributed by atoms with Gasteiger partial charge < -0.3 is 25.3 Å². The second kappa shape index (κ2) is 9.46. The maximum atomic E-state index is 14.7. The summed E-state index contributed by atoms with van der Waals surface area (Å²) in [5, 5.41) is 10.6. The number of fused-ring (bicyclic) bond motifs is 1. The number of alkyl halides is 1. The minimum absolute atomic E-state index is 0.0949. The zero-order valence-electron chi connectivity index (χ0n) is 19.8. The minimum atomic E-state index is -1.04. The Labute approximate surface area is 204 Å². The number of hydrogen-bond donors (Lipinski definition) is 2. The highest BCUT2D eigenvalue weighted by Gasteiger charge is 2.39. The van der Waals surface area contributed by atoms with Crippen LogP contribution in [-0.2, 0) is 6.54 Å². The molecule has 2 aliphatic rings. The standard InChI is InChI=1S/C27H28FN5O2/c1-30-24-12-20(5-3-18(24)14-29)35-21-7-9-31-25(13-21)17-4-6-22-19(11-17)15-33(27(22)34)26-8-10-32(2)16-23(26)28/h3-7,9,11-14,23,26,29-30H,8,10,15-16H2,1-2H3/t23-,26+/m1/s1. The summed E-state index contributed by atoms with van der Waals surface area (Å²) in [5.41, 5.74) is 4.71. The van der Waals surface area contributed by atoms with Crippen LogP contribution in [0.15, 0.2) is 54.7 Å². The minimum Gasteiger partial charge on any atom is -0.457 e. The molecule has 35 heavy (non-hydrogen) atoms. The van der Waals surface area contributed by atoms with Gasteiger partial charge in [0.25, 0.3) is 5.91 Å². The lowest BCUT2D eigenvalue weighted by atomic mass is 10.0. The molecule has 0 radical (unpaired) electrons. The highest BCUT2D eigenvalue weighted by molar-refractivity contribution is 5.99. The Balaban J connectivity index is 1.36. The van der Waals surface area contributed by atoms with Gasteiger partial charge in [-0.2, -0.15) is 0 Å². The molecule has 1 amide bonds. The second-order valence-corrected chi connectivity index (χ2v) is 9.06. The first-order valence-corrected chi connectivity index (χ1v) is 11.7. The number of carbonyl (C=O) groups is 1. The summed E-state index contributed by atoms with van der Waals surface area (Å²) in [4.78, 5) is 21.2. The first-order chi connectivity index (χ1) is 17.0. The molecule has 0 saturated carbocycles. The summed E-state index contributed by atoms with van der Waals surface area (Å²) in [5.74, 6) is 1.18. The number of carbonyl (C=O) groups excluding carboxylic acids is 1. The first-order valence-electron chi connectivity index (χ1n) is 11.7. The highest BCUT2D eigenvalue weighted by Crippen LogP contribution is 2.33. The largest absolute Gasteiger partial charge is 0.457 e. The molecule has 8 heteroatoms. The first kappa shape index (κ1) is 23.0. The van der Waals surface area contributed by atoms with Crippen LogP contribution in [0.1, 0.15) is 27.9 Å². The van der Waals surface area contributed by atoms with E-state index >= 15 is 0 Å². The molecule has 1 aromatic heterocycles. The zero-order chi connectivity index (χ0) is 24.5. The summed E-state index contributed by atoms with van der Waals surface area (Å²) >= 11 is 0. The quantitative estimate of drug-likeness (QED) is 0.513. The number of benzene rings is 2. The Morgan fingerprint density at radius 3 is 2.77 bits per heavy atom. The van der Waals surface area contributed by atoms with Gasteiger partial charge in [-0.1, -0.05) is 6.07 Å². The van der Waals surface area contributed by atoms with Crippen molar-refractivity contribution in [3.8, 4) is 22.8 Å². The predicted molar refractivity (Wildman–Crippen MR) is 134 cm³/mol. The van der Waals surface area contributed by atoms with Crippen LogP contribution in [0.3, 0.4) is 0 Å². The predicted octanol–water partition coefficient (Wildman–Crippen LogP) is 4.58. The van der Waals surface area contributed by atoms with E-state index in [2.05, 4.69) is 10.3 Å². The number of nitrogens with one attached hydrogen (secondary N) is 2. The topological polar surface area (TPSA) is 81.6 Å². The van der Waals surface area contributed by atoms with E-state index in [-0.39, 0.29) is 11.9 Å².